The number of carbonyl (C=O) groups is 2. The minimum absolute atomic E-state index is 0.0350. The molecule has 1 saturated carbocycles. The summed E-state index contributed by atoms with van der Waals surface area (Å²) in [6.07, 6.45) is 9.37. The van der Waals surface area contributed by atoms with E-state index < -0.39 is 11.4 Å². The van der Waals surface area contributed by atoms with Crippen LogP contribution >= 0.6 is 0 Å². The van der Waals surface area contributed by atoms with Crippen molar-refractivity contribution in [3.05, 3.63) is 0 Å². The van der Waals surface area contributed by atoms with Crippen LogP contribution < -0.4 is 5.32 Å². The number of rotatable bonds is 5. The molecule has 0 saturated heterocycles. The van der Waals surface area contributed by atoms with Gasteiger partial charge in [-0.15, -0.1) is 6.42 Å². The van der Waals surface area contributed by atoms with Gasteiger partial charge in [0, 0.05) is 6.42 Å². The van der Waals surface area contributed by atoms with Crippen LogP contribution in [0.5, 0.6) is 0 Å². The van der Waals surface area contributed by atoms with Gasteiger partial charge in [-0.05, 0) is 18.8 Å². The summed E-state index contributed by atoms with van der Waals surface area (Å²) in [5.74, 6) is 1.57. The first-order valence-electron chi connectivity index (χ1n) is 6.90. The first-order chi connectivity index (χ1) is 8.91. The van der Waals surface area contributed by atoms with Gasteiger partial charge in [-0.1, -0.05) is 39.0 Å². The Morgan fingerprint density at radius 2 is 1.89 bits per heavy atom. The molecule has 0 radical (unpaired) electrons. The van der Waals surface area contributed by atoms with Crippen LogP contribution in [0, 0.1) is 23.7 Å². The van der Waals surface area contributed by atoms with Crippen LogP contribution in [0.1, 0.15) is 52.4 Å². The maximum absolute atomic E-state index is 12.0. The summed E-state index contributed by atoms with van der Waals surface area (Å²) in [5.41, 5.74) is -0.890. The van der Waals surface area contributed by atoms with Gasteiger partial charge < -0.3 is 10.4 Å². The van der Waals surface area contributed by atoms with Crippen LogP contribution in [-0.4, -0.2) is 23.0 Å². The van der Waals surface area contributed by atoms with Crippen molar-refractivity contribution in [2.24, 2.45) is 11.3 Å². The number of hydrogen-bond donors (Lipinski definition) is 2. The van der Waals surface area contributed by atoms with E-state index in [-0.39, 0.29) is 24.3 Å². The Balaban J connectivity index is 2.67. The first kappa shape index (κ1) is 15.6. The van der Waals surface area contributed by atoms with E-state index in [9.17, 15) is 14.7 Å². The van der Waals surface area contributed by atoms with Gasteiger partial charge in [-0.3, -0.25) is 9.59 Å². The van der Waals surface area contributed by atoms with Gasteiger partial charge in [0.15, 0.2) is 0 Å². The molecule has 1 atom stereocenters. The first-order valence-corrected chi connectivity index (χ1v) is 6.90. The van der Waals surface area contributed by atoms with E-state index in [4.69, 9.17) is 6.42 Å². The van der Waals surface area contributed by atoms with Gasteiger partial charge in [0.2, 0.25) is 5.91 Å². The number of nitrogens with one attached hydrogen (secondary N) is 1. The second-order valence-electron chi connectivity index (χ2n) is 5.78. The van der Waals surface area contributed by atoms with Crippen molar-refractivity contribution < 1.29 is 14.7 Å². The summed E-state index contributed by atoms with van der Waals surface area (Å²) in [6, 6.07) is -0.332. The minimum Gasteiger partial charge on any atom is -0.481 e. The fraction of sp³-hybridized carbons (Fsp3) is 0.733. The lowest BCUT2D eigenvalue weighted by Crippen LogP contribution is -2.43. The van der Waals surface area contributed by atoms with E-state index >= 15 is 0 Å². The zero-order valence-corrected chi connectivity index (χ0v) is 11.7. The van der Waals surface area contributed by atoms with Crippen molar-refractivity contribution in [3.63, 3.8) is 0 Å². The summed E-state index contributed by atoms with van der Waals surface area (Å²) in [6.45, 7) is 3.86. The fourth-order valence-electron chi connectivity index (χ4n) is 2.63. The van der Waals surface area contributed by atoms with E-state index in [2.05, 4.69) is 11.2 Å². The van der Waals surface area contributed by atoms with Crippen LogP contribution in [0.3, 0.4) is 0 Å². The Morgan fingerprint density at radius 1 is 1.32 bits per heavy atom. The average molecular weight is 265 g/mol. The number of carboxylic acid groups (broad SMARTS) is 1. The second-order valence-corrected chi connectivity index (χ2v) is 5.78. The van der Waals surface area contributed by atoms with Crippen LogP contribution in [-0.2, 0) is 9.59 Å². The van der Waals surface area contributed by atoms with Crippen molar-refractivity contribution in [2.45, 2.75) is 58.4 Å². The standard InChI is InChI=1S/C15H23NO3/c1-4-12(11(2)3)16-13(17)10-15(14(18)19)8-6-5-7-9-15/h1,11-12H,5-10H2,2-3H3,(H,16,17)(H,18,19). The van der Waals surface area contributed by atoms with Gasteiger partial charge in [-0.25, -0.2) is 0 Å². The molecular weight excluding hydrogens is 242 g/mol. The van der Waals surface area contributed by atoms with Gasteiger partial charge in [0.05, 0.1) is 11.5 Å². The molecule has 1 unspecified atom stereocenters. The third-order valence-corrected chi connectivity index (χ3v) is 3.93. The molecule has 19 heavy (non-hydrogen) atoms. The molecule has 1 amide bonds. The molecule has 106 valence electrons. The Labute approximate surface area is 115 Å². The summed E-state index contributed by atoms with van der Waals surface area (Å²) in [4.78, 5) is 23.5. The maximum atomic E-state index is 12.0. The average Bonchev–Trinajstić information content (AvgIpc) is 2.36. The van der Waals surface area contributed by atoms with Crippen molar-refractivity contribution >= 4 is 11.9 Å². The van der Waals surface area contributed by atoms with Crippen LogP contribution in [0.25, 0.3) is 0 Å². The quantitative estimate of drug-likeness (QED) is 0.749. The van der Waals surface area contributed by atoms with Gasteiger partial charge in [0.1, 0.15) is 0 Å². The molecule has 0 bridgehead atoms. The predicted molar refractivity (Wildman–Crippen MR) is 73.4 cm³/mol. The fourth-order valence-corrected chi connectivity index (χ4v) is 2.63. The van der Waals surface area contributed by atoms with Gasteiger partial charge in [-0.2, -0.15) is 0 Å². The Hall–Kier alpha value is -1.50. The van der Waals surface area contributed by atoms with Crippen molar-refractivity contribution in [2.75, 3.05) is 0 Å². The summed E-state index contributed by atoms with van der Waals surface area (Å²) in [5, 5.41) is 12.2. The highest BCUT2D eigenvalue weighted by Crippen LogP contribution is 2.39. The molecule has 0 heterocycles. The van der Waals surface area contributed by atoms with E-state index in [1.54, 1.807) is 0 Å². The molecule has 4 nitrogen and oxygen atoms in total. The van der Waals surface area contributed by atoms with E-state index in [0.29, 0.717) is 12.8 Å². The van der Waals surface area contributed by atoms with Crippen molar-refractivity contribution in [3.8, 4) is 12.3 Å². The Kier molecular flexibility index (Phi) is 5.41. The second kappa shape index (κ2) is 6.60. The third-order valence-electron chi connectivity index (χ3n) is 3.93. The molecule has 0 spiro atoms. The Bertz CT molecular complexity index is 375. The Morgan fingerprint density at radius 3 is 2.32 bits per heavy atom. The topological polar surface area (TPSA) is 66.4 Å². The molecule has 1 rings (SSSR count). The van der Waals surface area contributed by atoms with E-state index in [1.807, 2.05) is 13.8 Å². The number of carbonyl (C=O) groups excluding carboxylic acids is 1. The van der Waals surface area contributed by atoms with E-state index in [0.717, 1.165) is 19.3 Å². The van der Waals surface area contributed by atoms with Crippen molar-refractivity contribution in [1.29, 1.82) is 0 Å². The normalized spacial score (nSPS) is 19.5. The molecule has 0 aliphatic heterocycles. The summed E-state index contributed by atoms with van der Waals surface area (Å²) < 4.78 is 0. The SMILES string of the molecule is C#CC(NC(=O)CC1(C(=O)O)CCCCC1)C(C)C. The van der Waals surface area contributed by atoms with Gasteiger partial charge in [0.25, 0.3) is 0 Å². The lowest BCUT2D eigenvalue weighted by molar-refractivity contribution is -0.154. The number of hydrogen-bond acceptors (Lipinski definition) is 2. The zero-order chi connectivity index (χ0) is 14.5. The monoisotopic (exact) mass is 265 g/mol. The molecule has 1 aliphatic rings. The highest BCUT2D eigenvalue weighted by atomic mass is 16.4. The number of carboxylic acids is 1. The number of terminal acetylenes is 1. The molecule has 0 aromatic carbocycles. The lowest BCUT2D eigenvalue weighted by atomic mass is 9.71. The van der Waals surface area contributed by atoms with Crippen LogP contribution in [0.2, 0.25) is 0 Å². The predicted octanol–water partition coefficient (Wildman–Crippen LogP) is 2.19. The van der Waals surface area contributed by atoms with Crippen LogP contribution in [0.4, 0.5) is 0 Å². The summed E-state index contributed by atoms with van der Waals surface area (Å²) in [7, 11) is 0. The molecular formula is C15H23NO3. The molecule has 1 aliphatic carbocycles. The molecule has 0 aromatic heterocycles. The molecule has 2 N–H and O–H groups in total. The molecule has 1 fully saturated rings. The third kappa shape index (κ3) is 3.99. The molecule has 4 heteroatoms. The number of amides is 1. The van der Waals surface area contributed by atoms with Crippen molar-refractivity contribution in [1.82, 2.24) is 5.32 Å². The number of aliphatic carboxylic acids is 1. The smallest absolute Gasteiger partial charge is 0.310 e. The maximum Gasteiger partial charge on any atom is 0.310 e. The van der Waals surface area contributed by atoms with E-state index in [1.165, 1.54) is 0 Å². The highest BCUT2D eigenvalue weighted by molar-refractivity contribution is 5.85. The lowest BCUT2D eigenvalue weighted by Gasteiger charge is -2.33. The zero-order valence-electron chi connectivity index (χ0n) is 11.7. The molecule has 0 aromatic rings. The highest BCUT2D eigenvalue weighted by Gasteiger charge is 2.41. The summed E-state index contributed by atoms with van der Waals surface area (Å²) >= 11 is 0. The largest absolute Gasteiger partial charge is 0.481 e. The van der Waals surface area contributed by atoms with Crippen LogP contribution in [0.15, 0.2) is 0 Å². The minimum atomic E-state index is -0.890. The van der Waals surface area contributed by atoms with Gasteiger partial charge >= 0.3 is 5.97 Å².